The second-order valence-electron chi connectivity index (χ2n) is 14.1. The molecule has 0 heterocycles. The number of nitrogens with two attached hydrogens (primary N) is 1. The minimum Gasteiger partial charge on any atom is -0.382 e. The number of hydrogen-bond acceptors (Lipinski definition) is 14. The number of methoxy groups -OCH3 is 1. The summed E-state index contributed by atoms with van der Waals surface area (Å²) in [6, 6.07) is -3.66. The van der Waals surface area contributed by atoms with Crippen LogP contribution in [0.4, 0.5) is 4.79 Å². The lowest BCUT2D eigenvalue weighted by Gasteiger charge is -2.28. The van der Waals surface area contributed by atoms with Gasteiger partial charge in [0.25, 0.3) is 0 Å². The number of hydrogen-bond donors (Lipinski definition) is 7. The predicted molar refractivity (Wildman–Crippen MR) is 216 cm³/mol. The predicted octanol–water partition coefficient (Wildman–Crippen LogP) is -0.779. The van der Waals surface area contributed by atoms with E-state index in [9.17, 15) is 24.0 Å². The Kier molecular flexibility index (Phi) is 34.8. The fourth-order valence-electron chi connectivity index (χ4n) is 4.88. The second-order valence-corrected chi connectivity index (χ2v) is 14.1. The Labute approximate surface area is 345 Å². The largest absolute Gasteiger partial charge is 0.382 e. The van der Waals surface area contributed by atoms with Crippen LogP contribution in [0, 0.1) is 5.92 Å². The average molecular weight is 838 g/mol. The minimum absolute atomic E-state index is 0.0218. The van der Waals surface area contributed by atoms with Crippen molar-refractivity contribution in [3.8, 4) is 0 Å². The van der Waals surface area contributed by atoms with Crippen molar-refractivity contribution in [3.05, 3.63) is 0 Å². The van der Waals surface area contributed by atoms with Gasteiger partial charge in [-0.15, -0.1) is 0 Å². The Balaban J connectivity index is 4.34. The van der Waals surface area contributed by atoms with E-state index in [-0.39, 0.29) is 62.4 Å². The van der Waals surface area contributed by atoms with Crippen LogP contribution in [0.25, 0.3) is 0 Å². The molecule has 0 fully saturated rings. The fraction of sp³-hybridized carbons (Fsp3) is 0.868. The normalized spacial score (nSPS) is 13.0. The maximum atomic E-state index is 13.4. The first-order valence-corrected chi connectivity index (χ1v) is 20.3. The van der Waals surface area contributed by atoms with Gasteiger partial charge in [0, 0.05) is 38.7 Å². The number of urea groups is 1. The molecule has 6 amide bonds. The van der Waals surface area contributed by atoms with Crippen molar-refractivity contribution >= 4 is 29.7 Å². The lowest BCUT2D eigenvalue weighted by Crippen LogP contribution is -2.60. The summed E-state index contributed by atoms with van der Waals surface area (Å²) in [4.78, 5) is 63.3. The first-order chi connectivity index (χ1) is 27.8. The van der Waals surface area contributed by atoms with E-state index in [1.165, 1.54) is 0 Å². The van der Waals surface area contributed by atoms with Gasteiger partial charge in [-0.05, 0) is 32.6 Å². The zero-order valence-electron chi connectivity index (χ0n) is 36.0. The first-order valence-electron chi connectivity index (χ1n) is 20.3. The van der Waals surface area contributed by atoms with Gasteiger partial charge in [0.1, 0.15) is 18.1 Å². The van der Waals surface area contributed by atoms with Crippen LogP contribution >= 0.6 is 0 Å². The van der Waals surface area contributed by atoms with Crippen molar-refractivity contribution in [1.82, 2.24) is 31.9 Å². The van der Waals surface area contributed by atoms with E-state index in [0.29, 0.717) is 98.9 Å². The van der Waals surface area contributed by atoms with Crippen LogP contribution in [0.3, 0.4) is 0 Å². The molecule has 0 saturated heterocycles. The Morgan fingerprint density at radius 3 is 1.38 bits per heavy atom. The van der Waals surface area contributed by atoms with E-state index >= 15 is 0 Å². The maximum Gasteiger partial charge on any atom is 0.312 e. The number of nitrogens with one attached hydrogen (secondary N) is 6. The summed E-state index contributed by atoms with van der Waals surface area (Å²) in [6.45, 7) is 17.6. The molecule has 0 radical (unpaired) electrons. The number of primary amides is 1. The molecule has 0 spiro atoms. The summed E-state index contributed by atoms with van der Waals surface area (Å²) in [5.74, 6) is -2.03. The summed E-state index contributed by atoms with van der Waals surface area (Å²) in [7, 11) is 1.63. The van der Waals surface area contributed by atoms with E-state index < -0.39 is 36.0 Å². The van der Waals surface area contributed by atoms with E-state index in [1.807, 2.05) is 13.8 Å². The van der Waals surface area contributed by atoms with E-state index in [4.69, 9.17) is 43.6 Å². The molecule has 20 heteroatoms. The number of carbonyl (C=O) groups excluding carboxylic acids is 5. The number of rotatable bonds is 39. The summed E-state index contributed by atoms with van der Waals surface area (Å²) in [5.41, 5.74) is 5.12. The SMILES string of the molecule is COCCOCCOCCOCCOCCOCCOCCOCCC(=O)NC[C@H](NC(C)C)C(=O)N[C@H](C(=O)N[C@@H](CCCNC(N)=O)C(=O)NC(C)C)C(C)C. The van der Waals surface area contributed by atoms with Gasteiger partial charge in [0.05, 0.1) is 99.1 Å². The Morgan fingerprint density at radius 1 is 0.517 bits per heavy atom. The summed E-state index contributed by atoms with van der Waals surface area (Å²) in [5, 5.41) is 16.7. The van der Waals surface area contributed by atoms with Crippen molar-refractivity contribution in [3.63, 3.8) is 0 Å². The molecule has 0 aliphatic rings. The van der Waals surface area contributed by atoms with Gasteiger partial charge >= 0.3 is 6.03 Å². The molecule has 0 rings (SSSR count). The van der Waals surface area contributed by atoms with Crippen molar-refractivity contribution in [2.45, 2.75) is 91.0 Å². The van der Waals surface area contributed by atoms with E-state index in [0.717, 1.165) is 0 Å². The standard InChI is InChI=1S/C38H75N7O13/c1-28(2)34(37(49)44-31(35(47)43-30(5)6)9-8-11-40-38(39)50)45-36(48)32(42-29(3)4)27-41-33(46)10-12-52-15-16-54-19-20-56-23-24-58-26-25-57-22-21-55-18-17-53-14-13-51-7/h28-32,34,42H,8-27H2,1-7H3,(H,41,46)(H,43,47)(H,44,49)(H,45,48)(H3,39,40,50)/t31-,32-,34-/m0/s1. The molecule has 0 aromatic heterocycles. The zero-order valence-corrected chi connectivity index (χ0v) is 36.0. The molecule has 0 aliphatic carbocycles. The van der Waals surface area contributed by atoms with Gasteiger partial charge in [0.2, 0.25) is 23.6 Å². The number of amides is 6. The van der Waals surface area contributed by atoms with Crippen LogP contribution in [-0.2, 0) is 57.1 Å². The van der Waals surface area contributed by atoms with Crippen LogP contribution in [0.15, 0.2) is 0 Å². The van der Waals surface area contributed by atoms with Gasteiger partial charge in [-0.1, -0.05) is 27.7 Å². The van der Waals surface area contributed by atoms with E-state index in [1.54, 1.807) is 34.8 Å². The minimum atomic E-state index is -0.968. The summed E-state index contributed by atoms with van der Waals surface area (Å²) >= 11 is 0. The zero-order chi connectivity index (χ0) is 43.4. The lowest BCUT2D eigenvalue weighted by molar-refractivity contribution is -0.133. The van der Waals surface area contributed by atoms with Gasteiger partial charge in [-0.2, -0.15) is 0 Å². The van der Waals surface area contributed by atoms with Crippen molar-refractivity contribution in [1.29, 1.82) is 0 Å². The molecule has 8 N–H and O–H groups in total. The van der Waals surface area contributed by atoms with Crippen LogP contribution < -0.4 is 37.6 Å². The van der Waals surface area contributed by atoms with Crippen LogP contribution in [0.2, 0.25) is 0 Å². The Morgan fingerprint density at radius 2 is 0.966 bits per heavy atom. The molecule has 20 nitrogen and oxygen atoms in total. The third-order valence-corrected chi connectivity index (χ3v) is 7.77. The molecule has 0 unspecified atom stereocenters. The van der Waals surface area contributed by atoms with Gasteiger partial charge < -0.3 is 75.5 Å². The molecule has 0 bridgehead atoms. The second kappa shape index (κ2) is 36.8. The van der Waals surface area contributed by atoms with Crippen LogP contribution in [0.1, 0.15) is 60.8 Å². The van der Waals surface area contributed by atoms with Crippen molar-refractivity contribution in [2.24, 2.45) is 11.7 Å². The monoisotopic (exact) mass is 838 g/mol. The van der Waals surface area contributed by atoms with Crippen molar-refractivity contribution in [2.75, 3.05) is 119 Å². The average Bonchev–Trinajstić information content (AvgIpc) is 3.16. The highest BCUT2D eigenvalue weighted by atomic mass is 16.6. The Hall–Kier alpha value is -3.21. The number of ether oxygens (including phenoxy) is 8. The molecule has 58 heavy (non-hydrogen) atoms. The molecular formula is C38H75N7O13. The van der Waals surface area contributed by atoms with Crippen LogP contribution in [-0.4, -0.2) is 179 Å². The van der Waals surface area contributed by atoms with Crippen molar-refractivity contribution < 1.29 is 61.9 Å². The first kappa shape index (κ1) is 54.8. The molecule has 0 saturated carbocycles. The molecule has 0 aliphatic heterocycles. The van der Waals surface area contributed by atoms with Crippen LogP contribution in [0.5, 0.6) is 0 Å². The molecule has 0 aromatic rings. The maximum absolute atomic E-state index is 13.4. The lowest BCUT2D eigenvalue weighted by atomic mass is 10.0. The van der Waals surface area contributed by atoms with Gasteiger partial charge in [-0.25, -0.2) is 4.79 Å². The highest BCUT2D eigenvalue weighted by molar-refractivity contribution is 5.93. The highest BCUT2D eigenvalue weighted by Gasteiger charge is 2.31. The summed E-state index contributed by atoms with van der Waals surface area (Å²) < 4.78 is 43.0. The molecule has 3 atom stereocenters. The van der Waals surface area contributed by atoms with E-state index in [2.05, 4.69) is 31.9 Å². The Bertz CT molecular complexity index is 1090. The highest BCUT2D eigenvalue weighted by Crippen LogP contribution is 2.06. The smallest absolute Gasteiger partial charge is 0.312 e. The molecule has 0 aromatic carbocycles. The summed E-state index contributed by atoms with van der Waals surface area (Å²) in [6.07, 6.45) is 0.697. The molecule has 340 valence electrons. The third kappa shape index (κ3) is 32.7. The molecular weight excluding hydrogens is 762 g/mol. The van der Waals surface area contributed by atoms with Gasteiger partial charge in [-0.3, -0.25) is 19.2 Å². The number of carbonyl (C=O) groups is 5. The topological polar surface area (TPSA) is 257 Å². The van der Waals surface area contributed by atoms with Gasteiger partial charge in [0.15, 0.2) is 0 Å². The fourth-order valence-corrected chi connectivity index (χ4v) is 4.88. The third-order valence-electron chi connectivity index (χ3n) is 7.77. The quantitative estimate of drug-likeness (QED) is 0.0375.